The maximum atomic E-state index is 5.62. The van der Waals surface area contributed by atoms with Gasteiger partial charge in [-0.15, -0.1) is 0 Å². The number of nitrogens with two attached hydrogens (primary N) is 1. The van der Waals surface area contributed by atoms with E-state index in [4.69, 9.17) is 5.73 Å². The van der Waals surface area contributed by atoms with Gasteiger partial charge in [-0.05, 0) is 61.7 Å². The molecule has 0 amide bonds. The Hall–Kier alpha value is -1.64. The molecule has 1 unspecified atom stereocenters. The summed E-state index contributed by atoms with van der Waals surface area (Å²) >= 11 is 0. The molecule has 0 heterocycles. The zero-order valence-corrected chi connectivity index (χ0v) is 14.0. The van der Waals surface area contributed by atoms with Crippen molar-refractivity contribution >= 4 is 0 Å². The summed E-state index contributed by atoms with van der Waals surface area (Å²) in [6.45, 7) is 4.03. The molecule has 0 saturated carbocycles. The first-order valence-corrected chi connectivity index (χ1v) is 8.11. The van der Waals surface area contributed by atoms with Crippen LogP contribution in [0.3, 0.4) is 0 Å². The van der Waals surface area contributed by atoms with Crippen LogP contribution in [0.15, 0.2) is 48.5 Å². The minimum Gasteiger partial charge on any atom is -0.330 e. The van der Waals surface area contributed by atoms with Gasteiger partial charge < -0.3 is 10.6 Å². The van der Waals surface area contributed by atoms with E-state index in [1.165, 1.54) is 22.3 Å². The standard InChI is InChI=1S/C20H28N2/c1-16(12-13-21)14-17-4-8-19(9-5-17)20-10-6-18(7-11-20)15-22(2)3/h4-11,16H,12-15,21H2,1-3H3. The molecule has 2 aromatic carbocycles. The third-order valence-electron chi connectivity index (χ3n) is 3.98. The van der Waals surface area contributed by atoms with Crippen molar-refractivity contribution in [3.63, 3.8) is 0 Å². The zero-order chi connectivity index (χ0) is 15.9. The average molecular weight is 296 g/mol. The van der Waals surface area contributed by atoms with Crippen molar-refractivity contribution in [2.24, 2.45) is 11.7 Å². The van der Waals surface area contributed by atoms with Crippen LogP contribution in [0, 0.1) is 5.92 Å². The molecule has 0 aromatic heterocycles. The van der Waals surface area contributed by atoms with E-state index in [0.717, 1.165) is 25.9 Å². The van der Waals surface area contributed by atoms with Crippen LogP contribution < -0.4 is 5.73 Å². The summed E-state index contributed by atoms with van der Waals surface area (Å²) in [6, 6.07) is 17.8. The Bertz CT molecular complexity index is 555. The topological polar surface area (TPSA) is 29.3 Å². The minimum atomic E-state index is 0.654. The quantitative estimate of drug-likeness (QED) is 0.838. The summed E-state index contributed by atoms with van der Waals surface area (Å²) in [5.41, 5.74) is 10.9. The van der Waals surface area contributed by atoms with E-state index < -0.39 is 0 Å². The number of hydrogen-bond donors (Lipinski definition) is 1. The highest BCUT2D eigenvalue weighted by Crippen LogP contribution is 2.22. The highest BCUT2D eigenvalue weighted by Gasteiger charge is 2.04. The summed E-state index contributed by atoms with van der Waals surface area (Å²) in [6.07, 6.45) is 2.20. The Kier molecular flexibility index (Phi) is 6.17. The summed E-state index contributed by atoms with van der Waals surface area (Å²) in [4.78, 5) is 2.19. The minimum absolute atomic E-state index is 0.654. The summed E-state index contributed by atoms with van der Waals surface area (Å²) < 4.78 is 0. The molecule has 0 radical (unpaired) electrons. The van der Waals surface area contributed by atoms with Crippen molar-refractivity contribution in [2.45, 2.75) is 26.3 Å². The van der Waals surface area contributed by atoms with E-state index in [9.17, 15) is 0 Å². The van der Waals surface area contributed by atoms with Gasteiger partial charge in [0.1, 0.15) is 0 Å². The van der Waals surface area contributed by atoms with Crippen LogP contribution in [-0.2, 0) is 13.0 Å². The molecular formula is C20H28N2. The Morgan fingerprint density at radius 1 is 0.864 bits per heavy atom. The number of benzene rings is 2. The molecular weight excluding hydrogens is 268 g/mol. The lowest BCUT2D eigenvalue weighted by Crippen LogP contribution is -2.10. The second kappa shape index (κ2) is 8.11. The Morgan fingerprint density at radius 2 is 1.36 bits per heavy atom. The first kappa shape index (κ1) is 16.7. The monoisotopic (exact) mass is 296 g/mol. The zero-order valence-electron chi connectivity index (χ0n) is 14.0. The smallest absolute Gasteiger partial charge is 0.0227 e. The fourth-order valence-electron chi connectivity index (χ4n) is 2.79. The van der Waals surface area contributed by atoms with Crippen LogP contribution in [-0.4, -0.2) is 25.5 Å². The number of nitrogens with zero attached hydrogens (tertiary/aromatic N) is 1. The van der Waals surface area contributed by atoms with Crippen molar-refractivity contribution in [1.82, 2.24) is 4.90 Å². The molecule has 2 rings (SSSR count). The lowest BCUT2D eigenvalue weighted by Gasteiger charge is -2.12. The fourth-order valence-corrected chi connectivity index (χ4v) is 2.79. The van der Waals surface area contributed by atoms with Gasteiger partial charge in [-0.1, -0.05) is 55.5 Å². The van der Waals surface area contributed by atoms with Gasteiger partial charge in [-0.2, -0.15) is 0 Å². The first-order valence-electron chi connectivity index (χ1n) is 8.11. The van der Waals surface area contributed by atoms with Crippen LogP contribution in [0.2, 0.25) is 0 Å². The van der Waals surface area contributed by atoms with Crippen molar-refractivity contribution < 1.29 is 0 Å². The van der Waals surface area contributed by atoms with Gasteiger partial charge in [0.15, 0.2) is 0 Å². The van der Waals surface area contributed by atoms with E-state index in [-0.39, 0.29) is 0 Å². The van der Waals surface area contributed by atoms with E-state index in [0.29, 0.717) is 5.92 Å². The van der Waals surface area contributed by atoms with Crippen molar-refractivity contribution in [2.75, 3.05) is 20.6 Å². The van der Waals surface area contributed by atoms with E-state index in [2.05, 4.69) is 74.4 Å². The summed E-state index contributed by atoms with van der Waals surface area (Å²) in [5.74, 6) is 0.654. The number of rotatable bonds is 7. The molecule has 2 heteroatoms. The van der Waals surface area contributed by atoms with Crippen molar-refractivity contribution in [3.8, 4) is 11.1 Å². The molecule has 118 valence electrons. The van der Waals surface area contributed by atoms with E-state index in [1.807, 2.05) is 0 Å². The molecule has 0 aliphatic heterocycles. The molecule has 0 bridgehead atoms. The Labute approximate surface area is 135 Å². The molecule has 2 aromatic rings. The predicted molar refractivity (Wildman–Crippen MR) is 95.8 cm³/mol. The third-order valence-corrected chi connectivity index (χ3v) is 3.98. The van der Waals surface area contributed by atoms with Gasteiger partial charge in [-0.25, -0.2) is 0 Å². The molecule has 0 saturated heterocycles. The molecule has 22 heavy (non-hydrogen) atoms. The van der Waals surface area contributed by atoms with Crippen molar-refractivity contribution in [3.05, 3.63) is 59.7 Å². The average Bonchev–Trinajstić information content (AvgIpc) is 2.48. The van der Waals surface area contributed by atoms with Crippen LogP contribution in [0.1, 0.15) is 24.5 Å². The summed E-state index contributed by atoms with van der Waals surface area (Å²) in [7, 11) is 4.19. The van der Waals surface area contributed by atoms with Crippen LogP contribution in [0.4, 0.5) is 0 Å². The predicted octanol–water partition coefficient (Wildman–Crippen LogP) is 3.94. The normalized spacial score (nSPS) is 12.6. The lowest BCUT2D eigenvalue weighted by molar-refractivity contribution is 0.402. The molecule has 2 nitrogen and oxygen atoms in total. The Balaban J connectivity index is 2.03. The molecule has 2 N–H and O–H groups in total. The number of hydrogen-bond acceptors (Lipinski definition) is 2. The van der Waals surface area contributed by atoms with Gasteiger partial charge in [0.05, 0.1) is 0 Å². The van der Waals surface area contributed by atoms with Gasteiger partial charge in [0.25, 0.3) is 0 Å². The Morgan fingerprint density at radius 3 is 1.82 bits per heavy atom. The lowest BCUT2D eigenvalue weighted by atomic mass is 9.96. The molecule has 0 spiro atoms. The van der Waals surface area contributed by atoms with Gasteiger partial charge in [0, 0.05) is 6.54 Å². The molecule has 1 atom stereocenters. The largest absolute Gasteiger partial charge is 0.330 e. The van der Waals surface area contributed by atoms with Gasteiger partial charge >= 0.3 is 0 Å². The van der Waals surface area contributed by atoms with Crippen LogP contribution in [0.25, 0.3) is 11.1 Å². The second-order valence-electron chi connectivity index (χ2n) is 6.52. The molecule has 0 fully saturated rings. The van der Waals surface area contributed by atoms with Crippen LogP contribution >= 0.6 is 0 Å². The molecule has 0 aliphatic carbocycles. The third kappa shape index (κ3) is 4.97. The maximum Gasteiger partial charge on any atom is 0.0227 e. The first-order chi connectivity index (χ1) is 10.6. The van der Waals surface area contributed by atoms with E-state index >= 15 is 0 Å². The molecule has 0 aliphatic rings. The second-order valence-corrected chi connectivity index (χ2v) is 6.52. The highest BCUT2D eigenvalue weighted by atomic mass is 15.0. The fraction of sp³-hybridized carbons (Fsp3) is 0.400. The van der Waals surface area contributed by atoms with Crippen molar-refractivity contribution in [1.29, 1.82) is 0 Å². The van der Waals surface area contributed by atoms with Gasteiger partial charge in [0.2, 0.25) is 0 Å². The van der Waals surface area contributed by atoms with Crippen LogP contribution in [0.5, 0.6) is 0 Å². The highest BCUT2D eigenvalue weighted by molar-refractivity contribution is 5.63. The summed E-state index contributed by atoms with van der Waals surface area (Å²) in [5, 5.41) is 0. The van der Waals surface area contributed by atoms with E-state index in [1.54, 1.807) is 0 Å². The van der Waals surface area contributed by atoms with Gasteiger partial charge in [-0.3, -0.25) is 0 Å². The SMILES string of the molecule is CC(CCN)Cc1ccc(-c2ccc(CN(C)C)cc2)cc1. The maximum absolute atomic E-state index is 5.62.